The Balaban J connectivity index is 1.62. The molecule has 0 spiro atoms. The van der Waals surface area contributed by atoms with Gasteiger partial charge in [0.05, 0.1) is 27.0 Å². The average molecular weight is 592 g/mol. The largest absolute Gasteiger partial charge is 0.507 e. The van der Waals surface area contributed by atoms with Crippen molar-refractivity contribution in [3.63, 3.8) is 0 Å². The van der Waals surface area contributed by atoms with Crippen LogP contribution in [0.1, 0.15) is 34.7 Å². The Morgan fingerprint density at radius 3 is 2.80 bits per heavy atom. The molecule has 35 heavy (non-hydrogen) atoms. The number of hydrogen-bond donors (Lipinski definition) is 1. The number of nitrogens with zero attached hydrogens (tertiary/aromatic N) is 2. The van der Waals surface area contributed by atoms with Crippen molar-refractivity contribution in [1.82, 2.24) is 4.57 Å². The van der Waals surface area contributed by atoms with Crippen molar-refractivity contribution < 1.29 is 9.84 Å². The number of benzene rings is 3. The van der Waals surface area contributed by atoms with E-state index in [1.807, 2.05) is 47.0 Å². The molecule has 6 rings (SSSR count). The van der Waals surface area contributed by atoms with Crippen LogP contribution in [0.5, 0.6) is 11.5 Å². The summed E-state index contributed by atoms with van der Waals surface area (Å²) in [7, 11) is 1.66. The van der Waals surface area contributed by atoms with E-state index in [1.165, 1.54) is 16.9 Å². The molecule has 1 aliphatic heterocycles. The maximum atomic E-state index is 13.8. The third kappa shape index (κ3) is 3.83. The van der Waals surface area contributed by atoms with Crippen molar-refractivity contribution in [1.29, 1.82) is 0 Å². The lowest BCUT2D eigenvalue weighted by molar-refractivity contribution is 0.413. The number of aromatic nitrogens is 1. The second kappa shape index (κ2) is 8.80. The minimum absolute atomic E-state index is 0.0601. The van der Waals surface area contributed by atoms with Gasteiger partial charge in [-0.1, -0.05) is 53.8 Å². The molecule has 1 atom stereocenters. The molecule has 1 N–H and O–H groups in total. The molecule has 0 saturated carbocycles. The molecule has 5 nitrogen and oxygen atoms in total. The zero-order chi connectivity index (χ0) is 24.1. The summed E-state index contributed by atoms with van der Waals surface area (Å²) in [4.78, 5) is 19.5. The first-order chi connectivity index (χ1) is 17.0. The third-order valence-electron chi connectivity index (χ3n) is 6.55. The summed E-state index contributed by atoms with van der Waals surface area (Å²) in [5, 5.41) is 9.88. The fraction of sp³-hybridized carbons (Fsp3) is 0.143. The summed E-state index contributed by atoms with van der Waals surface area (Å²) in [6.07, 6.45) is 3.64. The Kier molecular flexibility index (Phi) is 5.61. The Hall–Kier alpha value is -3.17. The number of halogens is 1. The molecule has 0 bridgehead atoms. The molecular weight excluding hydrogens is 571 g/mol. The predicted molar refractivity (Wildman–Crippen MR) is 147 cm³/mol. The van der Waals surface area contributed by atoms with Crippen LogP contribution in [0, 0.1) is 3.57 Å². The number of fused-ring (bicyclic) bond motifs is 3. The molecule has 0 fully saturated rings. The normalized spacial score (nSPS) is 16.9. The highest BCUT2D eigenvalue weighted by Crippen LogP contribution is 2.41. The standard InChI is InChI=1S/C28H21IN2O3S/c1-34-19-7-4-6-18(15-19)26-21-11-10-17-5-2-3-8-20(17)25(21)30-28-31(26)27(33)24(35-28)14-16-9-12-23(32)22(29)13-16/h2-9,12-15,26,32H,10-11H2,1H3. The van der Waals surface area contributed by atoms with Crippen LogP contribution in [0.25, 0.3) is 11.8 Å². The van der Waals surface area contributed by atoms with Crippen LogP contribution in [0.2, 0.25) is 0 Å². The van der Waals surface area contributed by atoms with Gasteiger partial charge in [0, 0.05) is 5.56 Å². The predicted octanol–water partition coefficient (Wildman–Crippen LogP) is 4.64. The lowest BCUT2D eigenvalue weighted by Crippen LogP contribution is -2.38. The molecule has 1 aromatic heterocycles. The fourth-order valence-electron chi connectivity index (χ4n) is 4.90. The van der Waals surface area contributed by atoms with Gasteiger partial charge in [-0.2, -0.15) is 0 Å². The van der Waals surface area contributed by atoms with Crippen LogP contribution >= 0.6 is 33.9 Å². The molecule has 3 aromatic carbocycles. The Labute approximate surface area is 219 Å². The molecule has 0 radical (unpaired) electrons. The number of aryl methyl sites for hydroxylation is 1. The Morgan fingerprint density at radius 2 is 1.97 bits per heavy atom. The SMILES string of the molecule is COc1cccc(C2C3=C(N=c4sc(=Cc5ccc(O)c(I)c5)c(=O)n42)c2ccccc2CC3)c1. The topological polar surface area (TPSA) is 63.8 Å². The fourth-order valence-corrected chi connectivity index (χ4v) is 6.44. The van der Waals surface area contributed by atoms with E-state index >= 15 is 0 Å². The number of phenols is 1. The number of thiazole rings is 1. The van der Waals surface area contributed by atoms with Gasteiger partial charge in [-0.05, 0) is 88.0 Å². The van der Waals surface area contributed by atoms with Crippen molar-refractivity contribution in [2.45, 2.75) is 18.9 Å². The zero-order valence-electron chi connectivity index (χ0n) is 18.9. The molecule has 0 saturated heterocycles. The molecule has 4 aromatic rings. The monoisotopic (exact) mass is 592 g/mol. The number of phenolic OH excluding ortho intramolecular Hbond substituents is 1. The van der Waals surface area contributed by atoms with E-state index in [0.29, 0.717) is 9.33 Å². The molecule has 0 amide bonds. The van der Waals surface area contributed by atoms with E-state index in [9.17, 15) is 9.90 Å². The summed E-state index contributed by atoms with van der Waals surface area (Å²) in [6, 6.07) is 21.5. The van der Waals surface area contributed by atoms with E-state index in [1.54, 1.807) is 13.2 Å². The van der Waals surface area contributed by atoms with Gasteiger partial charge >= 0.3 is 0 Å². The van der Waals surface area contributed by atoms with Gasteiger partial charge < -0.3 is 9.84 Å². The van der Waals surface area contributed by atoms with Crippen molar-refractivity contribution in [2.24, 2.45) is 4.99 Å². The quantitative estimate of drug-likeness (QED) is 0.353. The first-order valence-corrected chi connectivity index (χ1v) is 13.2. The molecular formula is C28H21IN2O3S. The Bertz CT molecular complexity index is 1700. The molecule has 7 heteroatoms. The first-order valence-electron chi connectivity index (χ1n) is 11.3. The van der Waals surface area contributed by atoms with E-state index in [0.717, 1.165) is 50.1 Å². The minimum atomic E-state index is -0.244. The zero-order valence-corrected chi connectivity index (χ0v) is 21.8. The van der Waals surface area contributed by atoms with Gasteiger partial charge in [0.25, 0.3) is 5.56 Å². The number of rotatable bonds is 3. The lowest BCUT2D eigenvalue weighted by atomic mass is 9.83. The molecule has 1 unspecified atom stereocenters. The number of allylic oxidation sites excluding steroid dienone is 1. The van der Waals surface area contributed by atoms with E-state index in [2.05, 4.69) is 46.9 Å². The van der Waals surface area contributed by atoms with Crippen LogP contribution in [-0.2, 0) is 6.42 Å². The van der Waals surface area contributed by atoms with Crippen molar-refractivity contribution >= 4 is 45.7 Å². The highest BCUT2D eigenvalue weighted by Gasteiger charge is 2.32. The van der Waals surface area contributed by atoms with Crippen molar-refractivity contribution in [3.8, 4) is 11.5 Å². The van der Waals surface area contributed by atoms with E-state index in [4.69, 9.17) is 9.73 Å². The van der Waals surface area contributed by atoms with Gasteiger partial charge in [-0.15, -0.1) is 0 Å². The molecule has 2 heterocycles. The maximum absolute atomic E-state index is 13.8. The van der Waals surface area contributed by atoms with Crippen LogP contribution in [0.4, 0.5) is 0 Å². The van der Waals surface area contributed by atoms with Crippen LogP contribution in [-0.4, -0.2) is 16.8 Å². The van der Waals surface area contributed by atoms with Crippen molar-refractivity contribution in [3.05, 3.63) is 118 Å². The van der Waals surface area contributed by atoms with Gasteiger partial charge in [-0.25, -0.2) is 4.99 Å². The molecule has 1 aliphatic carbocycles. The number of ether oxygens (including phenoxy) is 1. The molecule has 174 valence electrons. The van der Waals surface area contributed by atoms with E-state index in [-0.39, 0.29) is 17.4 Å². The number of hydrogen-bond acceptors (Lipinski definition) is 5. The van der Waals surface area contributed by atoms with Gasteiger partial charge in [0.1, 0.15) is 11.5 Å². The molecule has 2 aliphatic rings. The average Bonchev–Trinajstić information content (AvgIpc) is 3.19. The lowest BCUT2D eigenvalue weighted by Gasteiger charge is -2.31. The summed E-state index contributed by atoms with van der Waals surface area (Å²) in [5.74, 6) is 0.993. The third-order valence-corrected chi connectivity index (χ3v) is 8.40. The van der Waals surface area contributed by atoms with Crippen LogP contribution in [0.15, 0.2) is 82.1 Å². The number of methoxy groups -OCH3 is 1. The highest BCUT2D eigenvalue weighted by atomic mass is 127. The van der Waals surface area contributed by atoms with Gasteiger partial charge in [0.15, 0.2) is 4.80 Å². The maximum Gasteiger partial charge on any atom is 0.271 e. The first kappa shape index (κ1) is 22.3. The smallest absolute Gasteiger partial charge is 0.271 e. The second-order valence-corrected chi connectivity index (χ2v) is 10.8. The number of aromatic hydroxyl groups is 1. The van der Waals surface area contributed by atoms with Crippen molar-refractivity contribution in [2.75, 3.05) is 7.11 Å². The van der Waals surface area contributed by atoms with Gasteiger partial charge in [0.2, 0.25) is 0 Å². The summed E-state index contributed by atoms with van der Waals surface area (Å²) in [5.41, 5.74) is 6.39. The van der Waals surface area contributed by atoms with Gasteiger partial charge in [-0.3, -0.25) is 9.36 Å². The summed E-state index contributed by atoms with van der Waals surface area (Å²) >= 11 is 3.49. The Morgan fingerprint density at radius 1 is 1.11 bits per heavy atom. The highest BCUT2D eigenvalue weighted by molar-refractivity contribution is 14.1. The van der Waals surface area contributed by atoms with E-state index < -0.39 is 0 Å². The second-order valence-electron chi connectivity index (χ2n) is 8.60. The minimum Gasteiger partial charge on any atom is -0.507 e. The van der Waals surface area contributed by atoms with Crippen LogP contribution in [0.3, 0.4) is 0 Å². The van der Waals surface area contributed by atoms with Crippen LogP contribution < -0.4 is 19.6 Å². The summed E-state index contributed by atoms with van der Waals surface area (Å²) < 4.78 is 8.70. The summed E-state index contributed by atoms with van der Waals surface area (Å²) in [6.45, 7) is 0.